The van der Waals surface area contributed by atoms with Crippen LogP contribution in [0.5, 0.6) is 5.75 Å². The summed E-state index contributed by atoms with van der Waals surface area (Å²) in [5.74, 6) is 0.858. The van der Waals surface area contributed by atoms with Gasteiger partial charge in [0.25, 0.3) is 0 Å². The minimum absolute atomic E-state index is 0.00404. The highest BCUT2D eigenvalue weighted by Gasteiger charge is 2.23. The Hall–Kier alpha value is -0.960. The molecule has 1 aliphatic heterocycles. The maximum Gasteiger partial charge on any atom is 0.135 e. The van der Waals surface area contributed by atoms with E-state index in [1.54, 1.807) is 7.11 Å². The van der Waals surface area contributed by atoms with E-state index in [0.717, 1.165) is 15.9 Å². The van der Waals surface area contributed by atoms with Gasteiger partial charge in [-0.15, -0.1) is 0 Å². The molecule has 0 atom stereocenters. The van der Waals surface area contributed by atoms with E-state index in [4.69, 9.17) is 4.74 Å². The van der Waals surface area contributed by atoms with E-state index in [1.807, 2.05) is 6.07 Å². The lowest BCUT2D eigenvalue weighted by Crippen LogP contribution is -2.31. The van der Waals surface area contributed by atoms with Gasteiger partial charge in [-0.2, -0.15) is 0 Å². The summed E-state index contributed by atoms with van der Waals surface area (Å²) in [6, 6.07) is 4.14. The van der Waals surface area contributed by atoms with Crippen molar-refractivity contribution in [2.45, 2.75) is 26.3 Å². The van der Waals surface area contributed by atoms with Crippen molar-refractivity contribution in [2.75, 3.05) is 12.4 Å². The minimum Gasteiger partial charge on any atom is -0.495 e. The van der Waals surface area contributed by atoms with Crippen molar-refractivity contribution >= 4 is 27.2 Å². The second-order valence-electron chi connectivity index (χ2n) is 4.71. The maximum atomic E-state index is 5.31. The van der Waals surface area contributed by atoms with Crippen LogP contribution in [0.15, 0.2) is 22.7 Å². The Morgan fingerprint density at radius 1 is 1.31 bits per heavy atom. The number of rotatable bonds is 1. The van der Waals surface area contributed by atoms with Gasteiger partial charge < -0.3 is 10.1 Å². The molecule has 0 fully saturated rings. The van der Waals surface area contributed by atoms with Gasteiger partial charge in [0, 0.05) is 17.3 Å². The number of allylic oxidation sites excluding steroid dienone is 1. The first-order valence-corrected chi connectivity index (χ1v) is 6.08. The zero-order valence-electron chi connectivity index (χ0n) is 10.0. The van der Waals surface area contributed by atoms with Gasteiger partial charge >= 0.3 is 0 Å². The van der Waals surface area contributed by atoms with Crippen LogP contribution < -0.4 is 10.1 Å². The Labute approximate surface area is 105 Å². The number of methoxy groups -OCH3 is 1. The predicted octanol–water partition coefficient (Wildman–Crippen LogP) is 4.07. The van der Waals surface area contributed by atoms with Crippen molar-refractivity contribution in [3.63, 3.8) is 0 Å². The summed E-state index contributed by atoms with van der Waals surface area (Å²) in [6.07, 6.45) is 2.24. The topological polar surface area (TPSA) is 21.3 Å². The van der Waals surface area contributed by atoms with Crippen molar-refractivity contribution in [1.82, 2.24) is 0 Å². The number of halogens is 1. The number of anilines is 1. The molecular weight excluding hydrogens is 266 g/mol. The van der Waals surface area contributed by atoms with E-state index in [0.29, 0.717) is 0 Å². The summed E-state index contributed by atoms with van der Waals surface area (Å²) >= 11 is 3.51. The quantitative estimate of drug-likeness (QED) is 0.838. The Morgan fingerprint density at radius 2 is 2.00 bits per heavy atom. The lowest BCUT2D eigenvalue weighted by molar-refractivity contribution is 0.412. The van der Waals surface area contributed by atoms with Crippen LogP contribution in [0.2, 0.25) is 0 Å². The first-order valence-electron chi connectivity index (χ1n) is 5.28. The molecule has 0 bridgehead atoms. The Bertz CT molecular complexity index is 463. The molecule has 0 aromatic heterocycles. The molecular formula is C13H16BrNO. The largest absolute Gasteiger partial charge is 0.495 e. The SMILES string of the molecule is COc1cc2c(cc1Br)C(C)=CC(C)(C)N2. The summed E-state index contributed by atoms with van der Waals surface area (Å²) in [6.45, 7) is 6.46. The molecule has 0 saturated carbocycles. The van der Waals surface area contributed by atoms with Crippen molar-refractivity contribution in [2.24, 2.45) is 0 Å². The fourth-order valence-electron chi connectivity index (χ4n) is 2.14. The summed E-state index contributed by atoms with van der Waals surface area (Å²) < 4.78 is 6.30. The summed E-state index contributed by atoms with van der Waals surface area (Å²) in [5, 5.41) is 3.49. The molecule has 0 spiro atoms. The first-order chi connectivity index (χ1) is 7.43. The van der Waals surface area contributed by atoms with Crippen LogP contribution in [0.1, 0.15) is 26.3 Å². The number of nitrogens with one attached hydrogen (secondary N) is 1. The second kappa shape index (κ2) is 3.81. The molecule has 16 heavy (non-hydrogen) atoms. The average Bonchev–Trinajstić information content (AvgIpc) is 2.17. The van der Waals surface area contributed by atoms with Crippen LogP contribution in [0, 0.1) is 0 Å². The highest BCUT2D eigenvalue weighted by atomic mass is 79.9. The van der Waals surface area contributed by atoms with Crippen LogP contribution >= 0.6 is 15.9 Å². The van der Waals surface area contributed by atoms with Gasteiger partial charge in [-0.05, 0) is 48.3 Å². The molecule has 1 aliphatic rings. The number of hydrogen-bond donors (Lipinski definition) is 1. The van der Waals surface area contributed by atoms with E-state index >= 15 is 0 Å². The van der Waals surface area contributed by atoms with E-state index in [1.165, 1.54) is 11.1 Å². The third-order valence-electron chi connectivity index (χ3n) is 2.75. The molecule has 1 aromatic rings. The van der Waals surface area contributed by atoms with Crippen molar-refractivity contribution in [1.29, 1.82) is 0 Å². The Morgan fingerprint density at radius 3 is 2.62 bits per heavy atom. The van der Waals surface area contributed by atoms with Gasteiger partial charge in [-0.3, -0.25) is 0 Å². The lowest BCUT2D eigenvalue weighted by Gasteiger charge is -2.31. The summed E-state index contributed by atoms with van der Waals surface area (Å²) in [5.41, 5.74) is 3.65. The van der Waals surface area contributed by atoms with E-state index in [9.17, 15) is 0 Å². The molecule has 3 heteroatoms. The fourth-order valence-corrected chi connectivity index (χ4v) is 2.65. The smallest absolute Gasteiger partial charge is 0.135 e. The van der Waals surface area contributed by atoms with Crippen LogP contribution in [0.25, 0.3) is 5.57 Å². The number of fused-ring (bicyclic) bond motifs is 1. The molecule has 0 aliphatic carbocycles. The number of ether oxygens (including phenoxy) is 1. The Balaban J connectivity index is 2.58. The third-order valence-corrected chi connectivity index (χ3v) is 3.37. The second-order valence-corrected chi connectivity index (χ2v) is 5.56. The fraction of sp³-hybridized carbons (Fsp3) is 0.385. The molecule has 0 unspecified atom stereocenters. The van der Waals surface area contributed by atoms with Gasteiger partial charge in [0.05, 0.1) is 17.1 Å². The Kier molecular flexibility index (Phi) is 2.74. The molecule has 0 amide bonds. The minimum atomic E-state index is -0.00404. The van der Waals surface area contributed by atoms with Crippen LogP contribution in [-0.2, 0) is 0 Å². The summed E-state index contributed by atoms with van der Waals surface area (Å²) in [7, 11) is 1.68. The molecule has 2 rings (SSSR count). The molecule has 86 valence electrons. The number of benzene rings is 1. The summed E-state index contributed by atoms with van der Waals surface area (Å²) in [4.78, 5) is 0. The van der Waals surface area contributed by atoms with E-state index < -0.39 is 0 Å². The van der Waals surface area contributed by atoms with Gasteiger partial charge in [0.2, 0.25) is 0 Å². The van der Waals surface area contributed by atoms with Gasteiger partial charge in [-0.25, -0.2) is 0 Å². The normalized spacial score (nSPS) is 17.2. The first kappa shape index (κ1) is 11.5. The van der Waals surface area contributed by atoms with Crippen molar-refractivity contribution < 1.29 is 4.74 Å². The third kappa shape index (κ3) is 1.96. The van der Waals surface area contributed by atoms with E-state index in [-0.39, 0.29) is 5.54 Å². The zero-order chi connectivity index (χ0) is 11.9. The van der Waals surface area contributed by atoms with E-state index in [2.05, 4.69) is 54.2 Å². The molecule has 2 nitrogen and oxygen atoms in total. The maximum absolute atomic E-state index is 5.31. The van der Waals surface area contributed by atoms with Gasteiger partial charge in [0.15, 0.2) is 0 Å². The zero-order valence-corrected chi connectivity index (χ0v) is 11.6. The van der Waals surface area contributed by atoms with Crippen molar-refractivity contribution in [3.8, 4) is 5.75 Å². The highest BCUT2D eigenvalue weighted by Crippen LogP contribution is 2.39. The lowest BCUT2D eigenvalue weighted by atomic mass is 9.91. The molecule has 1 heterocycles. The van der Waals surface area contributed by atoms with Crippen LogP contribution in [-0.4, -0.2) is 12.6 Å². The van der Waals surface area contributed by atoms with Gasteiger partial charge in [0.1, 0.15) is 5.75 Å². The molecule has 1 N–H and O–H groups in total. The highest BCUT2D eigenvalue weighted by molar-refractivity contribution is 9.10. The molecule has 0 saturated heterocycles. The average molecular weight is 282 g/mol. The number of hydrogen-bond acceptors (Lipinski definition) is 2. The predicted molar refractivity (Wildman–Crippen MR) is 72.0 cm³/mol. The van der Waals surface area contributed by atoms with Crippen LogP contribution in [0.4, 0.5) is 5.69 Å². The van der Waals surface area contributed by atoms with Crippen LogP contribution in [0.3, 0.4) is 0 Å². The molecule has 0 radical (unpaired) electrons. The standard InChI is InChI=1S/C13H16BrNO/c1-8-7-13(2,3)15-11-6-12(16-4)10(14)5-9(8)11/h5-7,15H,1-4H3. The monoisotopic (exact) mass is 281 g/mol. The molecule has 1 aromatic carbocycles. The van der Waals surface area contributed by atoms with Gasteiger partial charge in [-0.1, -0.05) is 6.08 Å². The van der Waals surface area contributed by atoms with Crippen molar-refractivity contribution in [3.05, 3.63) is 28.2 Å².